The van der Waals surface area contributed by atoms with Crippen LogP contribution in [0.4, 0.5) is 0 Å². The number of aliphatic hydroxyl groups excluding tert-OH is 1. The van der Waals surface area contributed by atoms with Gasteiger partial charge in [0, 0.05) is 0 Å². The zero-order chi connectivity index (χ0) is 14.4. The Morgan fingerprint density at radius 3 is 2.25 bits per heavy atom. The van der Waals surface area contributed by atoms with E-state index in [4.69, 9.17) is 10.5 Å². The molecule has 0 heterocycles. The third-order valence-electron chi connectivity index (χ3n) is 3.22. The van der Waals surface area contributed by atoms with Gasteiger partial charge in [-0.3, -0.25) is 0 Å². The van der Waals surface area contributed by atoms with Crippen LogP contribution in [-0.4, -0.2) is 11.7 Å². The number of hydrogen-bond acceptors (Lipinski definition) is 3. The largest absolute Gasteiger partial charge is 0.494 e. The summed E-state index contributed by atoms with van der Waals surface area (Å²) >= 11 is 0. The molecule has 2 unspecified atom stereocenters. The normalized spacial score (nSPS) is 13.8. The summed E-state index contributed by atoms with van der Waals surface area (Å²) in [4.78, 5) is 0. The van der Waals surface area contributed by atoms with E-state index in [-0.39, 0.29) is 0 Å². The van der Waals surface area contributed by atoms with Gasteiger partial charge in [-0.2, -0.15) is 0 Å². The van der Waals surface area contributed by atoms with Crippen LogP contribution in [0.2, 0.25) is 0 Å². The monoisotopic (exact) mass is 271 g/mol. The Morgan fingerprint density at radius 2 is 1.65 bits per heavy atom. The van der Waals surface area contributed by atoms with Gasteiger partial charge < -0.3 is 15.6 Å². The standard InChI is InChI=1S/C17H21NO2/c1-2-12-20-15-10-8-13(9-11-15)16(18)17(19)14-6-4-3-5-7-14/h3-11,16-17,19H,2,12,18H2,1H3. The molecule has 106 valence electrons. The average Bonchev–Trinajstić information content (AvgIpc) is 2.53. The predicted molar refractivity (Wildman–Crippen MR) is 80.6 cm³/mol. The highest BCUT2D eigenvalue weighted by molar-refractivity contribution is 5.31. The summed E-state index contributed by atoms with van der Waals surface area (Å²) in [5.41, 5.74) is 7.85. The van der Waals surface area contributed by atoms with Crippen molar-refractivity contribution < 1.29 is 9.84 Å². The molecule has 0 amide bonds. The lowest BCUT2D eigenvalue weighted by Crippen LogP contribution is -2.19. The number of nitrogens with two attached hydrogens (primary N) is 1. The fourth-order valence-electron chi connectivity index (χ4n) is 2.05. The topological polar surface area (TPSA) is 55.5 Å². The van der Waals surface area contributed by atoms with Crippen molar-refractivity contribution in [3.05, 3.63) is 65.7 Å². The van der Waals surface area contributed by atoms with E-state index in [1.54, 1.807) is 0 Å². The first kappa shape index (κ1) is 14.6. The third kappa shape index (κ3) is 3.59. The maximum atomic E-state index is 10.3. The molecule has 0 fully saturated rings. The molecule has 3 heteroatoms. The summed E-state index contributed by atoms with van der Waals surface area (Å²) in [7, 11) is 0. The molecule has 2 rings (SSSR count). The molecule has 2 atom stereocenters. The zero-order valence-electron chi connectivity index (χ0n) is 11.7. The summed E-state index contributed by atoms with van der Waals surface area (Å²) in [5.74, 6) is 0.831. The third-order valence-corrected chi connectivity index (χ3v) is 3.22. The Morgan fingerprint density at radius 1 is 1.00 bits per heavy atom. The molecule has 0 spiro atoms. The second kappa shape index (κ2) is 7.08. The first-order valence-electron chi connectivity index (χ1n) is 6.93. The molecule has 3 N–H and O–H groups in total. The molecular formula is C17H21NO2. The lowest BCUT2D eigenvalue weighted by atomic mass is 9.97. The van der Waals surface area contributed by atoms with Crippen molar-refractivity contribution in [3.63, 3.8) is 0 Å². The maximum Gasteiger partial charge on any atom is 0.119 e. The first-order chi connectivity index (χ1) is 9.72. The molecule has 0 saturated heterocycles. The lowest BCUT2D eigenvalue weighted by Gasteiger charge is -2.20. The van der Waals surface area contributed by atoms with Gasteiger partial charge in [0.1, 0.15) is 5.75 Å². The van der Waals surface area contributed by atoms with Crippen LogP contribution < -0.4 is 10.5 Å². The van der Waals surface area contributed by atoms with E-state index in [1.807, 2.05) is 54.6 Å². The Bertz CT molecular complexity index is 510. The summed E-state index contributed by atoms with van der Waals surface area (Å²) in [6.07, 6.45) is 0.271. The smallest absolute Gasteiger partial charge is 0.119 e. The molecular weight excluding hydrogens is 250 g/mol. The van der Waals surface area contributed by atoms with Crippen molar-refractivity contribution in [1.82, 2.24) is 0 Å². The fourth-order valence-corrected chi connectivity index (χ4v) is 2.05. The van der Waals surface area contributed by atoms with Gasteiger partial charge in [-0.05, 0) is 29.7 Å². The highest BCUT2D eigenvalue weighted by Gasteiger charge is 2.18. The van der Waals surface area contributed by atoms with Gasteiger partial charge in [-0.25, -0.2) is 0 Å². The number of ether oxygens (including phenoxy) is 1. The van der Waals surface area contributed by atoms with Gasteiger partial charge in [-0.1, -0.05) is 49.4 Å². The highest BCUT2D eigenvalue weighted by Crippen LogP contribution is 2.27. The number of aliphatic hydroxyl groups is 1. The SMILES string of the molecule is CCCOc1ccc(C(N)C(O)c2ccccc2)cc1. The molecule has 0 aromatic heterocycles. The van der Waals surface area contributed by atoms with Crippen LogP contribution in [0.25, 0.3) is 0 Å². The number of rotatable bonds is 6. The van der Waals surface area contributed by atoms with Crippen molar-refractivity contribution in [2.75, 3.05) is 6.61 Å². The van der Waals surface area contributed by atoms with E-state index >= 15 is 0 Å². The van der Waals surface area contributed by atoms with E-state index in [2.05, 4.69) is 6.92 Å². The average molecular weight is 271 g/mol. The van der Waals surface area contributed by atoms with Crippen LogP contribution >= 0.6 is 0 Å². The van der Waals surface area contributed by atoms with Crippen LogP contribution in [0.5, 0.6) is 5.75 Å². The second-order valence-corrected chi connectivity index (χ2v) is 4.80. The molecule has 0 aliphatic heterocycles. The van der Waals surface area contributed by atoms with Gasteiger partial charge in [0.25, 0.3) is 0 Å². The summed E-state index contributed by atoms with van der Waals surface area (Å²) in [5, 5.41) is 10.3. The molecule has 0 bridgehead atoms. The minimum Gasteiger partial charge on any atom is -0.494 e. The summed E-state index contributed by atoms with van der Waals surface area (Å²) in [6.45, 7) is 2.78. The van der Waals surface area contributed by atoms with Crippen molar-refractivity contribution in [3.8, 4) is 5.75 Å². The molecule has 20 heavy (non-hydrogen) atoms. The molecule has 3 nitrogen and oxygen atoms in total. The molecule has 2 aromatic rings. The van der Waals surface area contributed by atoms with Gasteiger partial charge in [-0.15, -0.1) is 0 Å². The number of benzene rings is 2. The Balaban J connectivity index is 2.07. The van der Waals surface area contributed by atoms with Crippen LogP contribution in [0.1, 0.15) is 36.6 Å². The van der Waals surface area contributed by atoms with Crippen molar-refractivity contribution >= 4 is 0 Å². The van der Waals surface area contributed by atoms with Crippen LogP contribution in [0.15, 0.2) is 54.6 Å². The maximum absolute atomic E-state index is 10.3. The summed E-state index contributed by atoms with van der Waals surface area (Å²) < 4.78 is 5.53. The minimum atomic E-state index is -0.710. The molecule has 0 radical (unpaired) electrons. The van der Waals surface area contributed by atoms with Gasteiger partial charge in [0.2, 0.25) is 0 Å². The summed E-state index contributed by atoms with van der Waals surface area (Å²) in [6, 6.07) is 16.6. The molecule has 2 aromatic carbocycles. The minimum absolute atomic E-state index is 0.447. The van der Waals surface area contributed by atoms with Gasteiger partial charge in [0.05, 0.1) is 18.8 Å². The van der Waals surface area contributed by atoms with E-state index in [0.717, 1.165) is 23.3 Å². The zero-order valence-corrected chi connectivity index (χ0v) is 11.7. The highest BCUT2D eigenvalue weighted by atomic mass is 16.5. The quantitative estimate of drug-likeness (QED) is 0.848. The Kier molecular flexibility index (Phi) is 5.16. The van der Waals surface area contributed by atoms with Crippen LogP contribution in [0.3, 0.4) is 0 Å². The molecule has 0 aliphatic carbocycles. The molecule has 0 saturated carbocycles. The van der Waals surface area contributed by atoms with E-state index in [1.165, 1.54) is 0 Å². The number of hydrogen-bond donors (Lipinski definition) is 2. The van der Waals surface area contributed by atoms with Gasteiger partial charge >= 0.3 is 0 Å². The second-order valence-electron chi connectivity index (χ2n) is 4.80. The first-order valence-corrected chi connectivity index (χ1v) is 6.93. The van der Waals surface area contributed by atoms with E-state index < -0.39 is 12.1 Å². The van der Waals surface area contributed by atoms with E-state index in [9.17, 15) is 5.11 Å². The van der Waals surface area contributed by atoms with Crippen LogP contribution in [0, 0.1) is 0 Å². The van der Waals surface area contributed by atoms with Crippen molar-refractivity contribution in [1.29, 1.82) is 0 Å². The fraction of sp³-hybridized carbons (Fsp3) is 0.294. The van der Waals surface area contributed by atoms with Crippen LogP contribution in [-0.2, 0) is 0 Å². The lowest BCUT2D eigenvalue weighted by molar-refractivity contribution is 0.147. The van der Waals surface area contributed by atoms with Crippen molar-refractivity contribution in [2.45, 2.75) is 25.5 Å². The Hall–Kier alpha value is -1.84. The predicted octanol–water partition coefficient (Wildman–Crippen LogP) is 3.21. The molecule has 0 aliphatic rings. The Labute approximate surface area is 120 Å². The van der Waals surface area contributed by atoms with Gasteiger partial charge in [0.15, 0.2) is 0 Å². The van der Waals surface area contributed by atoms with Crippen molar-refractivity contribution in [2.24, 2.45) is 5.73 Å². The van der Waals surface area contributed by atoms with E-state index in [0.29, 0.717) is 6.61 Å².